The molecule has 0 aliphatic carbocycles. The maximum absolute atomic E-state index is 11.7. The minimum Gasteiger partial charge on any atom is -0.481 e. The third-order valence-corrected chi connectivity index (χ3v) is 3.71. The van der Waals surface area contributed by atoms with Gasteiger partial charge >= 0.3 is 5.97 Å². The van der Waals surface area contributed by atoms with Gasteiger partial charge in [0.25, 0.3) is 5.91 Å². The Morgan fingerprint density at radius 1 is 1.48 bits per heavy atom. The predicted octanol–water partition coefficient (Wildman–Crippen LogP) is 1.51. The van der Waals surface area contributed by atoms with Crippen LogP contribution >= 0.6 is 11.8 Å². The van der Waals surface area contributed by atoms with Crippen LogP contribution in [-0.4, -0.2) is 33.1 Å². The van der Waals surface area contributed by atoms with Crippen molar-refractivity contribution in [2.45, 2.75) is 17.3 Å². The van der Waals surface area contributed by atoms with E-state index in [9.17, 15) is 9.59 Å². The van der Waals surface area contributed by atoms with Crippen molar-refractivity contribution in [3.8, 4) is 0 Å². The fraction of sp³-hybridized carbons (Fsp3) is 0.308. The highest BCUT2D eigenvalue weighted by Crippen LogP contribution is 2.21. The molecule has 21 heavy (non-hydrogen) atoms. The molecule has 2 aromatic heterocycles. The smallest absolute Gasteiger partial charge is 0.305 e. The molecule has 0 spiro atoms. The highest BCUT2D eigenvalue weighted by molar-refractivity contribution is 7.98. The minimum atomic E-state index is -0.957. The van der Waals surface area contributed by atoms with Crippen LogP contribution in [0, 0.1) is 0 Å². The van der Waals surface area contributed by atoms with Crippen molar-refractivity contribution >= 4 is 23.6 Å². The predicted molar refractivity (Wildman–Crippen MR) is 76.1 cm³/mol. The van der Waals surface area contributed by atoms with E-state index < -0.39 is 11.9 Å². The Hall–Kier alpha value is -2.22. The zero-order valence-electron chi connectivity index (χ0n) is 11.4. The highest BCUT2D eigenvalue weighted by atomic mass is 32.2. The Morgan fingerprint density at radius 3 is 2.95 bits per heavy atom. The summed E-state index contributed by atoms with van der Waals surface area (Å²) in [4.78, 5) is 26.2. The molecular formula is C13H15N3O4S. The summed E-state index contributed by atoms with van der Waals surface area (Å²) in [6.07, 6.45) is 3.45. The Balaban J connectivity index is 1.84. The Labute approximate surface area is 125 Å². The molecule has 0 aliphatic rings. The third-order valence-electron chi connectivity index (χ3n) is 2.63. The lowest BCUT2D eigenvalue weighted by Gasteiger charge is -2.01. The van der Waals surface area contributed by atoms with Gasteiger partial charge in [-0.3, -0.25) is 9.59 Å². The van der Waals surface area contributed by atoms with Gasteiger partial charge in [0.15, 0.2) is 10.9 Å². The molecule has 7 nitrogen and oxygen atoms in total. The first-order chi connectivity index (χ1) is 10.1. The number of carbonyl (C=O) groups is 2. The van der Waals surface area contributed by atoms with Crippen molar-refractivity contribution in [3.63, 3.8) is 0 Å². The number of aliphatic carboxylic acids is 1. The van der Waals surface area contributed by atoms with Gasteiger partial charge in [-0.05, 0) is 12.1 Å². The molecule has 0 radical (unpaired) electrons. The molecule has 2 aromatic rings. The second-order valence-corrected chi connectivity index (χ2v) is 5.22. The van der Waals surface area contributed by atoms with Gasteiger partial charge in [-0.1, -0.05) is 11.8 Å². The maximum Gasteiger partial charge on any atom is 0.305 e. The number of carboxylic acid groups (broad SMARTS) is 1. The summed E-state index contributed by atoms with van der Waals surface area (Å²) in [6.45, 7) is 0.0756. The van der Waals surface area contributed by atoms with Crippen molar-refractivity contribution in [2.24, 2.45) is 7.05 Å². The molecule has 2 heterocycles. The van der Waals surface area contributed by atoms with Gasteiger partial charge in [0.2, 0.25) is 0 Å². The molecule has 2 N–H and O–H groups in total. The van der Waals surface area contributed by atoms with E-state index in [0.717, 1.165) is 5.16 Å². The van der Waals surface area contributed by atoms with Crippen LogP contribution in [0.15, 0.2) is 34.1 Å². The lowest BCUT2D eigenvalue weighted by Crippen LogP contribution is -2.25. The van der Waals surface area contributed by atoms with Crippen LogP contribution in [0.3, 0.4) is 0 Å². The topological polar surface area (TPSA) is 97.4 Å². The zero-order chi connectivity index (χ0) is 15.2. The fourth-order valence-corrected chi connectivity index (χ4v) is 2.40. The number of aryl methyl sites for hydroxylation is 1. The molecular weight excluding hydrogens is 294 g/mol. The number of rotatable bonds is 7. The lowest BCUT2D eigenvalue weighted by molar-refractivity contribution is -0.136. The first-order valence-electron chi connectivity index (χ1n) is 6.25. The zero-order valence-corrected chi connectivity index (χ0v) is 12.2. The molecule has 0 bridgehead atoms. The monoisotopic (exact) mass is 309 g/mol. The molecule has 2 rings (SSSR count). The van der Waals surface area contributed by atoms with Crippen LogP contribution in [0.25, 0.3) is 0 Å². The SMILES string of the molecule is Cn1ccnc1SCc1ccc(C(=O)NCCC(=O)O)o1. The van der Waals surface area contributed by atoms with Gasteiger partial charge in [0.1, 0.15) is 5.76 Å². The summed E-state index contributed by atoms with van der Waals surface area (Å²) in [7, 11) is 1.90. The van der Waals surface area contributed by atoms with Crippen molar-refractivity contribution in [1.29, 1.82) is 0 Å². The van der Waals surface area contributed by atoms with E-state index in [2.05, 4.69) is 10.3 Å². The molecule has 0 saturated carbocycles. The Bertz CT molecular complexity index is 635. The number of carbonyl (C=O) groups excluding carboxylic acids is 1. The third kappa shape index (κ3) is 4.38. The average Bonchev–Trinajstić information content (AvgIpc) is 3.05. The number of amides is 1. The number of aromatic nitrogens is 2. The van der Waals surface area contributed by atoms with Crippen LogP contribution in [-0.2, 0) is 17.6 Å². The number of imidazole rings is 1. The second kappa shape index (κ2) is 6.98. The summed E-state index contributed by atoms with van der Waals surface area (Å²) < 4.78 is 7.32. The van der Waals surface area contributed by atoms with Gasteiger partial charge < -0.3 is 19.4 Å². The summed E-state index contributed by atoms with van der Waals surface area (Å²) in [5.74, 6) is 0.0291. The van der Waals surface area contributed by atoms with Crippen LogP contribution in [0.4, 0.5) is 0 Å². The summed E-state index contributed by atoms with van der Waals surface area (Å²) in [6, 6.07) is 3.30. The van der Waals surface area contributed by atoms with E-state index in [1.807, 2.05) is 17.8 Å². The van der Waals surface area contributed by atoms with Crippen molar-refractivity contribution in [3.05, 3.63) is 36.0 Å². The number of hydrogen-bond donors (Lipinski definition) is 2. The number of furan rings is 1. The van der Waals surface area contributed by atoms with E-state index in [0.29, 0.717) is 11.5 Å². The standard InChI is InChI=1S/C13H15N3O4S/c1-16-7-6-15-13(16)21-8-9-2-3-10(20-9)12(19)14-5-4-11(17)18/h2-3,6-7H,4-5,8H2,1H3,(H,14,19)(H,17,18). The van der Waals surface area contributed by atoms with Gasteiger partial charge in [-0.2, -0.15) is 0 Å². The molecule has 0 aliphatic heterocycles. The minimum absolute atomic E-state index is 0.0756. The first-order valence-corrected chi connectivity index (χ1v) is 7.23. The van der Waals surface area contributed by atoms with E-state index >= 15 is 0 Å². The Kier molecular flexibility index (Phi) is 5.04. The van der Waals surface area contributed by atoms with E-state index in [1.54, 1.807) is 18.3 Å². The average molecular weight is 309 g/mol. The van der Waals surface area contributed by atoms with E-state index in [-0.39, 0.29) is 18.7 Å². The van der Waals surface area contributed by atoms with Crippen LogP contribution in [0.2, 0.25) is 0 Å². The molecule has 112 valence electrons. The lowest BCUT2D eigenvalue weighted by atomic mass is 10.4. The summed E-state index contributed by atoms with van der Waals surface area (Å²) in [5.41, 5.74) is 0. The summed E-state index contributed by atoms with van der Waals surface area (Å²) in [5, 5.41) is 11.8. The molecule has 0 fully saturated rings. The molecule has 1 amide bonds. The van der Waals surface area contributed by atoms with Crippen molar-refractivity contribution < 1.29 is 19.1 Å². The van der Waals surface area contributed by atoms with Crippen LogP contribution in [0.1, 0.15) is 22.7 Å². The second-order valence-electron chi connectivity index (χ2n) is 4.27. The van der Waals surface area contributed by atoms with Gasteiger partial charge in [-0.15, -0.1) is 0 Å². The first kappa shape index (κ1) is 15.2. The highest BCUT2D eigenvalue weighted by Gasteiger charge is 2.12. The van der Waals surface area contributed by atoms with E-state index in [4.69, 9.17) is 9.52 Å². The fourth-order valence-electron chi connectivity index (χ4n) is 1.57. The summed E-state index contributed by atoms with van der Waals surface area (Å²) >= 11 is 1.50. The number of thioether (sulfide) groups is 1. The van der Waals surface area contributed by atoms with E-state index in [1.165, 1.54) is 11.8 Å². The van der Waals surface area contributed by atoms with Gasteiger partial charge in [0.05, 0.1) is 12.2 Å². The van der Waals surface area contributed by atoms with Crippen LogP contribution < -0.4 is 5.32 Å². The molecule has 0 aromatic carbocycles. The quantitative estimate of drug-likeness (QED) is 0.752. The van der Waals surface area contributed by atoms with Crippen LogP contribution in [0.5, 0.6) is 0 Å². The molecule has 0 unspecified atom stereocenters. The number of hydrogen-bond acceptors (Lipinski definition) is 5. The maximum atomic E-state index is 11.7. The Morgan fingerprint density at radius 2 is 2.29 bits per heavy atom. The largest absolute Gasteiger partial charge is 0.481 e. The van der Waals surface area contributed by atoms with Crippen molar-refractivity contribution in [2.75, 3.05) is 6.54 Å². The number of nitrogens with one attached hydrogen (secondary N) is 1. The number of nitrogens with zero attached hydrogens (tertiary/aromatic N) is 2. The van der Waals surface area contributed by atoms with Crippen molar-refractivity contribution in [1.82, 2.24) is 14.9 Å². The van der Waals surface area contributed by atoms with Gasteiger partial charge in [-0.25, -0.2) is 4.98 Å². The molecule has 8 heteroatoms. The normalized spacial score (nSPS) is 10.5. The molecule has 0 saturated heterocycles. The number of carboxylic acids is 1. The molecule has 0 atom stereocenters. The van der Waals surface area contributed by atoms with Gasteiger partial charge in [0, 0.05) is 26.0 Å².